The predicted molar refractivity (Wildman–Crippen MR) is 109 cm³/mol. The lowest BCUT2D eigenvalue weighted by molar-refractivity contribution is -0.163. The Kier molecular flexibility index (Phi) is 4.88. The lowest BCUT2D eigenvalue weighted by atomic mass is 9.70. The molecule has 156 valence electrons. The zero-order valence-electron chi connectivity index (χ0n) is 17.0. The van der Waals surface area contributed by atoms with Gasteiger partial charge in [0.15, 0.2) is 0 Å². The van der Waals surface area contributed by atoms with Gasteiger partial charge in [-0.05, 0) is 44.1 Å². The summed E-state index contributed by atoms with van der Waals surface area (Å²) in [5, 5.41) is 3.31. The van der Waals surface area contributed by atoms with Crippen LogP contribution in [0.2, 0.25) is 0 Å². The smallest absolute Gasteiger partial charge is 0.410 e. The van der Waals surface area contributed by atoms with Gasteiger partial charge in [0.05, 0.1) is 6.04 Å². The molecule has 1 aromatic rings. The maximum atomic E-state index is 13.3. The Morgan fingerprint density at radius 1 is 1.07 bits per heavy atom. The van der Waals surface area contributed by atoms with Crippen LogP contribution < -0.4 is 5.32 Å². The quantitative estimate of drug-likeness (QED) is 0.837. The average molecular weight is 398 g/mol. The van der Waals surface area contributed by atoms with Crippen LogP contribution in [0.4, 0.5) is 9.59 Å². The number of nitrogens with one attached hydrogen (secondary N) is 1. The highest BCUT2D eigenvalue weighted by atomic mass is 16.6. The fraction of sp³-hybridized carbons (Fsp3) is 0.652. The Bertz CT molecular complexity index is 754. The van der Waals surface area contributed by atoms with Gasteiger partial charge >= 0.3 is 12.1 Å². The Morgan fingerprint density at radius 2 is 1.79 bits per heavy atom. The molecule has 2 saturated carbocycles. The molecule has 3 saturated heterocycles. The standard InChI is InChI=1S/C23H31N3O3/c27-21(24-18-9-5-2-6-10-18)26-19-11-13-23(14-12-19)20(26)16-25(22(28)29-23)15-17-7-3-1-4-8-17/h1,3-4,7-8,18-20H,2,5-6,9-16H2,(H,24,27). The summed E-state index contributed by atoms with van der Waals surface area (Å²) in [5.74, 6) is 0. The summed E-state index contributed by atoms with van der Waals surface area (Å²) in [6.45, 7) is 1.08. The minimum absolute atomic E-state index is 0.0493. The number of piperidine rings is 2. The number of urea groups is 1. The van der Waals surface area contributed by atoms with E-state index in [-0.39, 0.29) is 24.2 Å². The zero-order chi connectivity index (χ0) is 19.8. The van der Waals surface area contributed by atoms with Gasteiger partial charge < -0.3 is 19.9 Å². The molecule has 1 spiro atoms. The highest BCUT2D eigenvalue weighted by Gasteiger charge is 2.59. The molecule has 6 nitrogen and oxygen atoms in total. The first-order chi connectivity index (χ1) is 14.1. The van der Waals surface area contributed by atoms with Gasteiger partial charge in [-0.25, -0.2) is 9.59 Å². The van der Waals surface area contributed by atoms with Crippen molar-refractivity contribution in [3.63, 3.8) is 0 Å². The summed E-state index contributed by atoms with van der Waals surface area (Å²) in [6.07, 6.45) is 9.20. The first kappa shape index (κ1) is 18.8. The summed E-state index contributed by atoms with van der Waals surface area (Å²) in [5.41, 5.74) is 0.586. The van der Waals surface area contributed by atoms with Crippen molar-refractivity contribution < 1.29 is 14.3 Å². The van der Waals surface area contributed by atoms with E-state index >= 15 is 0 Å². The van der Waals surface area contributed by atoms with Crippen molar-refractivity contribution in [3.8, 4) is 0 Å². The van der Waals surface area contributed by atoms with Crippen molar-refractivity contribution in [3.05, 3.63) is 35.9 Å². The van der Waals surface area contributed by atoms with Gasteiger partial charge in [-0.2, -0.15) is 0 Å². The van der Waals surface area contributed by atoms with Gasteiger partial charge in [0.25, 0.3) is 0 Å². The molecule has 5 fully saturated rings. The van der Waals surface area contributed by atoms with Crippen molar-refractivity contribution in [2.24, 2.45) is 0 Å². The number of benzene rings is 1. The maximum Gasteiger partial charge on any atom is 0.410 e. The Hall–Kier alpha value is -2.24. The largest absolute Gasteiger partial charge is 0.441 e. The molecule has 29 heavy (non-hydrogen) atoms. The lowest BCUT2D eigenvalue weighted by Crippen LogP contribution is -2.74. The van der Waals surface area contributed by atoms with Crippen LogP contribution >= 0.6 is 0 Å². The van der Waals surface area contributed by atoms with Crippen molar-refractivity contribution in [1.29, 1.82) is 0 Å². The molecule has 5 aliphatic rings. The summed E-state index contributed by atoms with van der Waals surface area (Å²) in [6, 6.07) is 10.5. The maximum absolute atomic E-state index is 13.3. The van der Waals surface area contributed by atoms with E-state index in [1.807, 2.05) is 35.2 Å². The fourth-order valence-corrected chi connectivity index (χ4v) is 5.89. The minimum atomic E-state index is -0.497. The summed E-state index contributed by atoms with van der Waals surface area (Å²) in [4.78, 5) is 29.9. The van der Waals surface area contributed by atoms with E-state index in [0.29, 0.717) is 19.1 Å². The number of nitrogens with zero attached hydrogens (tertiary/aromatic N) is 2. The van der Waals surface area contributed by atoms with E-state index in [1.54, 1.807) is 4.90 Å². The number of hydrogen-bond acceptors (Lipinski definition) is 3. The molecule has 6 rings (SSSR count). The van der Waals surface area contributed by atoms with Crippen LogP contribution in [0.25, 0.3) is 0 Å². The molecule has 1 aromatic carbocycles. The van der Waals surface area contributed by atoms with Crippen LogP contribution in [0.5, 0.6) is 0 Å². The number of hydrogen-bond donors (Lipinski definition) is 1. The van der Waals surface area contributed by atoms with E-state index in [9.17, 15) is 9.59 Å². The normalized spacial score (nSPS) is 31.9. The number of fused-ring (bicyclic) bond motifs is 2. The molecule has 3 amide bonds. The van der Waals surface area contributed by atoms with Crippen LogP contribution in [0, 0.1) is 0 Å². The molecule has 1 unspecified atom stereocenters. The number of amides is 3. The van der Waals surface area contributed by atoms with Gasteiger partial charge in [0, 0.05) is 25.2 Å². The van der Waals surface area contributed by atoms with Crippen LogP contribution in [-0.2, 0) is 11.3 Å². The number of carbonyl (C=O) groups excluding carboxylic acids is 2. The second-order valence-electron chi connectivity index (χ2n) is 9.24. The highest BCUT2D eigenvalue weighted by molar-refractivity contribution is 5.77. The van der Waals surface area contributed by atoms with Gasteiger partial charge in [0.1, 0.15) is 5.60 Å². The molecule has 2 bridgehead atoms. The van der Waals surface area contributed by atoms with Gasteiger partial charge in [-0.15, -0.1) is 0 Å². The van der Waals surface area contributed by atoms with Crippen molar-refractivity contribution in [1.82, 2.24) is 15.1 Å². The van der Waals surface area contributed by atoms with E-state index < -0.39 is 5.60 Å². The van der Waals surface area contributed by atoms with Gasteiger partial charge in [-0.1, -0.05) is 49.6 Å². The minimum Gasteiger partial charge on any atom is -0.441 e. The molecule has 3 heterocycles. The molecule has 2 aliphatic carbocycles. The first-order valence-electron chi connectivity index (χ1n) is 11.3. The molecule has 6 heteroatoms. The highest BCUT2D eigenvalue weighted by Crippen LogP contribution is 2.47. The Morgan fingerprint density at radius 3 is 2.52 bits per heavy atom. The summed E-state index contributed by atoms with van der Waals surface area (Å²) < 4.78 is 6.09. The Labute approximate surface area is 172 Å². The average Bonchev–Trinajstić information content (AvgIpc) is 2.75. The van der Waals surface area contributed by atoms with E-state index in [4.69, 9.17) is 4.74 Å². The predicted octanol–water partition coefficient (Wildman–Crippen LogP) is 4.05. The third kappa shape index (κ3) is 3.47. The van der Waals surface area contributed by atoms with Crippen LogP contribution in [0.3, 0.4) is 0 Å². The molecule has 3 aliphatic heterocycles. The van der Waals surface area contributed by atoms with E-state index in [2.05, 4.69) is 5.32 Å². The molecule has 0 radical (unpaired) electrons. The molecule has 1 N–H and O–H groups in total. The molecule has 0 aromatic heterocycles. The summed E-state index contributed by atoms with van der Waals surface area (Å²) >= 11 is 0. The fourth-order valence-electron chi connectivity index (χ4n) is 5.89. The SMILES string of the molecule is O=C1OC23CCC(CC2)N(C(=O)NC2CCCCC2)C3CN1Cc1ccccc1. The zero-order valence-corrected chi connectivity index (χ0v) is 17.0. The van der Waals surface area contributed by atoms with E-state index in [1.165, 1.54) is 19.3 Å². The van der Waals surface area contributed by atoms with Crippen molar-refractivity contribution >= 4 is 12.1 Å². The van der Waals surface area contributed by atoms with Crippen molar-refractivity contribution in [2.75, 3.05) is 6.54 Å². The molecular weight excluding hydrogens is 366 g/mol. The second kappa shape index (κ2) is 7.54. The number of rotatable bonds is 3. The number of carbonyl (C=O) groups is 2. The van der Waals surface area contributed by atoms with Gasteiger partial charge in [0.2, 0.25) is 0 Å². The third-order valence-electron chi connectivity index (χ3n) is 7.46. The second-order valence-corrected chi connectivity index (χ2v) is 9.24. The monoisotopic (exact) mass is 397 g/mol. The Balaban J connectivity index is 1.35. The number of ether oxygens (including phenoxy) is 1. The first-order valence-corrected chi connectivity index (χ1v) is 11.3. The van der Waals surface area contributed by atoms with Crippen LogP contribution in [-0.4, -0.2) is 52.2 Å². The van der Waals surface area contributed by atoms with E-state index in [0.717, 1.165) is 44.1 Å². The third-order valence-corrected chi connectivity index (χ3v) is 7.46. The van der Waals surface area contributed by atoms with Crippen LogP contribution in [0.1, 0.15) is 63.4 Å². The lowest BCUT2D eigenvalue weighted by Gasteiger charge is -2.60. The van der Waals surface area contributed by atoms with Crippen molar-refractivity contribution in [2.45, 2.75) is 88.1 Å². The topological polar surface area (TPSA) is 61.9 Å². The molecule has 1 atom stereocenters. The van der Waals surface area contributed by atoms with Crippen LogP contribution in [0.15, 0.2) is 30.3 Å². The van der Waals surface area contributed by atoms with Gasteiger partial charge in [-0.3, -0.25) is 0 Å². The summed E-state index contributed by atoms with van der Waals surface area (Å²) in [7, 11) is 0. The molecular formula is C23H31N3O3.